The van der Waals surface area contributed by atoms with Gasteiger partial charge in [-0.25, -0.2) is 4.79 Å². The number of hydrogen-bond acceptors (Lipinski definition) is 3. The van der Waals surface area contributed by atoms with Crippen LogP contribution in [0, 0.1) is 6.92 Å². The van der Waals surface area contributed by atoms with Crippen LogP contribution in [0.5, 0.6) is 5.75 Å². The van der Waals surface area contributed by atoms with Crippen LogP contribution in [-0.2, 0) is 22.6 Å². The number of rotatable bonds is 6. The highest BCUT2D eigenvalue weighted by Crippen LogP contribution is 2.43. The molecule has 0 fully saturated rings. The summed E-state index contributed by atoms with van der Waals surface area (Å²) in [6.07, 6.45) is 2.42. The molecular weight excluding hydrogens is 368 g/mol. The van der Waals surface area contributed by atoms with Crippen LogP contribution in [0.1, 0.15) is 41.1 Å². The average Bonchev–Trinajstić information content (AvgIpc) is 3.02. The number of carboxylic acid groups (broad SMARTS) is 1. The Labute approximate surface area is 168 Å². The summed E-state index contributed by atoms with van der Waals surface area (Å²) in [5.41, 5.74) is 11.1. The maximum Gasteiger partial charge on any atom is 0.341 e. The normalized spacial score (nSPS) is 15.8. The van der Waals surface area contributed by atoms with Crippen molar-refractivity contribution in [2.24, 2.45) is 5.73 Å². The highest BCUT2D eigenvalue weighted by atomic mass is 16.5. The summed E-state index contributed by atoms with van der Waals surface area (Å²) in [5, 5.41) is 9.86. The van der Waals surface area contributed by atoms with Crippen molar-refractivity contribution in [2.75, 3.05) is 6.61 Å². The second kappa shape index (κ2) is 7.62. The molecule has 1 heterocycles. The Morgan fingerprint density at radius 1 is 1.21 bits per heavy atom. The van der Waals surface area contributed by atoms with Crippen LogP contribution < -0.4 is 10.5 Å². The Morgan fingerprint density at radius 3 is 2.72 bits per heavy atom. The van der Waals surface area contributed by atoms with Gasteiger partial charge in [-0.1, -0.05) is 30.3 Å². The fraction of sp³-hybridized carbons (Fsp3) is 0.304. The minimum Gasteiger partial charge on any atom is -0.481 e. The predicted molar refractivity (Wildman–Crippen MR) is 110 cm³/mol. The van der Waals surface area contributed by atoms with Gasteiger partial charge in [0.05, 0.1) is 11.4 Å². The van der Waals surface area contributed by atoms with Crippen molar-refractivity contribution >= 4 is 22.8 Å². The number of carbonyl (C=O) groups is 2. The monoisotopic (exact) mass is 392 g/mol. The fourth-order valence-corrected chi connectivity index (χ4v) is 4.40. The summed E-state index contributed by atoms with van der Waals surface area (Å²) >= 11 is 0. The van der Waals surface area contributed by atoms with Crippen molar-refractivity contribution < 1.29 is 19.4 Å². The first-order chi connectivity index (χ1) is 14.0. The molecule has 3 N–H and O–H groups in total. The zero-order chi connectivity index (χ0) is 20.5. The van der Waals surface area contributed by atoms with E-state index in [2.05, 4.69) is 23.6 Å². The number of carboxylic acids is 1. The molecule has 150 valence electrons. The van der Waals surface area contributed by atoms with Crippen LogP contribution in [0.15, 0.2) is 42.5 Å². The van der Waals surface area contributed by atoms with Gasteiger partial charge in [-0.15, -0.1) is 0 Å². The number of benzene rings is 2. The summed E-state index contributed by atoms with van der Waals surface area (Å²) in [7, 11) is 0. The highest BCUT2D eigenvalue weighted by molar-refractivity contribution is 5.97. The van der Waals surface area contributed by atoms with Gasteiger partial charge >= 0.3 is 5.97 Å². The predicted octanol–water partition coefficient (Wildman–Crippen LogP) is 3.37. The number of carbonyl (C=O) groups excluding carboxylic acids is 1. The van der Waals surface area contributed by atoms with E-state index >= 15 is 0 Å². The molecule has 0 saturated heterocycles. The number of nitrogens with two attached hydrogens (primary N) is 1. The number of primary amides is 1. The molecule has 1 amide bonds. The molecule has 1 unspecified atom stereocenters. The largest absolute Gasteiger partial charge is 0.481 e. The number of fused-ring (bicyclic) bond motifs is 3. The molecule has 6 nitrogen and oxygen atoms in total. The van der Waals surface area contributed by atoms with Crippen LogP contribution in [0.2, 0.25) is 0 Å². The average molecular weight is 392 g/mol. The van der Waals surface area contributed by atoms with E-state index in [1.807, 2.05) is 24.3 Å². The molecule has 0 spiro atoms. The maximum atomic E-state index is 12.2. The van der Waals surface area contributed by atoms with Crippen LogP contribution >= 0.6 is 0 Å². The smallest absolute Gasteiger partial charge is 0.341 e. The van der Waals surface area contributed by atoms with Gasteiger partial charge in [0.15, 0.2) is 6.61 Å². The lowest BCUT2D eigenvalue weighted by molar-refractivity contribution is -0.139. The number of aromatic nitrogens is 1. The van der Waals surface area contributed by atoms with Gasteiger partial charge < -0.3 is 20.1 Å². The minimum absolute atomic E-state index is 0.353. The Hall–Kier alpha value is -3.28. The Bertz CT molecular complexity index is 1100. The molecule has 29 heavy (non-hydrogen) atoms. The molecule has 4 rings (SSSR count). The van der Waals surface area contributed by atoms with Crippen molar-refractivity contribution in [3.8, 4) is 5.75 Å². The lowest BCUT2D eigenvalue weighted by atomic mass is 9.84. The van der Waals surface area contributed by atoms with E-state index in [1.54, 1.807) is 6.07 Å². The topological polar surface area (TPSA) is 94.6 Å². The van der Waals surface area contributed by atoms with Crippen molar-refractivity contribution in [3.05, 3.63) is 64.8 Å². The van der Waals surface area contributed by atoms with Gasteiger partial charge in [-0.05, 0) is 55.0 Å². The Morgan fingerprint density at radius 2 is 2.00 bits per heavy atom. The molecule has 0 radical (unpaired) electrons. The van der Waals surface area contributed by atoms with Gasteiger partial charge in [-0.2, -0.15) is 0 Å². The molecule has 0 bridgehead atoms. The number of amides is 1. The number of nitrogens with zero attached hydrogens (tertiary/aromatic N) is 1. The number of ether oxygens (including phenoxy) is 1. The van der Waals surface area contributed by atoms with Crippen molar-refractivity contribution in [1.82, 2.24) is 4.57 Å². The third kappa shape index (κ3) is 3.46. The maximum absolute atomic E-state index is 12.2. The van der Waals surface area contributed by atoms with Crippen LogP contribution in [0.3, 0.4) is 0 Å². The summed E-state index contributed by atoms with van der Waals surface area (Å²) in [6, 6.07) is 13.8. The van der Waals surface area contributed by atoms with Gasteiger partial charge in [0, 0.05) is 17.6 Å². The number of aryl methyl sites for hydroxylation is 1. The second-order valence-corrected chi connectivity index (χ2v) is 7.55. The number of aliphatic carboxylic acids is 1. The zero-order valence-corrected chi connectivity index (χ0v) is 16.4. The molecule has 1 aromatic heterocycles. The molecule has 2 aromatic carbocycles. The van der Waals surface area contributed by atoms with E-state index in [1.165, 1.54) is 11.1 Å². The van der Waals surface area contributed by atoms with Crippen LogP contribution in [-0.4, -0.2) is 28.2 Å². The van der Waals surface area contributed by atoms with Crippen molar-refractivity contribution in [1.29, 1.82) is 0 Å². The van der Waals surface area contributed by atoms with Crippen LogP contribution in [0.25, 0.3) is 10.9 Å². The summed E-state index contributed by atoms with van der Waals surface area (Å²) in [5.74, 6) is -1.30. The molecule has 0 aliphatic heterocycles. The molecule has 0 saturated carbocycles. The quantitative estimate of drug-likeness (QED) is 0.672. The molecule has 6 heteroatoms. The molecule has 1 atom stereocenters. The van der Waals surface area contributed by atoms with E-state index in [4.69, 9.17) is 15.6 Å². The fourth-order valence-electron chi connectivity index (χ4n) is 4.40. The van der Waals surface area contributed by atoms with E-state index in [0.717, 1.165) is 35.0 Å². The van der Waals surface area contributed by atoms with Crippen molar-refractivity contribution in [2.45, 2.75) is 38.6 Å². The van der Waals surface area contributed by atoms with E-state index in [9.17, 15) is 9.59 Å². The zero-order valence-electron chi connectivity index (χ0n) is 16.4. The summed E-state index contributed by atoms with van der Waals surface area (Å²) < 4.78 is 7.83. The van der Waals surface area contributed by atoms with Gasteiger partial charge in [0.2, 0.25) is 5.91 Å². The highest BCUT2D eigenvalue weighted by Gasteiger charge is 2.32. The third-order valence-corrected chi connectivity index (χ3v) is 5.74. The second-order valence-electron chi connectivity index (χ2n) is 7.55. The number of hydrogen-bond donors (Lipinski definition) is 2. The third-order valence-electron chi connectivity index (χ3n) is 5.74. The minimum atomic E-state index is -1.04. The van der Waals surface area contributed by atoms with Gasteiger partial charge in [0.25, 0.3) is 0 Å². The van der Waals surface area contributed by atoms with Gasteiger partial charge in [-0.3, -0.25) is 4.79 Å². The summed E-state index contributed by atoms with van der Waals surface area (Å²) in [4.78, 5) is 23.3. The first-order valence-corrected chi connectivity index (χ1v) is 9.79. The SMILES string of the molecule is Cc1ccccc1Cn1c2c(c3c(OCC(=O)O)cccc31)C(C(N)=O)CCC2. The molecule has 1 aliphatic carbocycles. The van der Waals surface area contributed by atoms with E-state index in [-0.39, 0.29) is 5.91 Å². The van der Waals surface area contributed by atoms with E-state index < -0.39 is 18.5 Å². The summed E-state index contributed by atoms with van der Waals surface area (Å²) in [6.45, 7) is 2.32. The first-order valence-electron chi connectivity index (χ1n) is 9.79. The van der Waals surface area contributed by atoms with Crippen LogP contribution in [0.4, 0.5) is 0 Å². The first kappa shape index (κ1) is 19.1. The van der Waals surface area contributed by atoms with E-state index in [0.29, 0.717) is 18.7 Å². The molecule has 3 aromatic rings. The van der Waals surface area contributed by atoms with Crippen molar-refractivity contribution in [3.63, 3.8) is 0 Å². The Kier molecular flexibility index (Phi) is 5.01. The molecular formula is C23H24N2O4. The lowest BCUT2D eigenvalue weighted by Gasteiger charge is -2.22. The standard InChI is InChI=1S/C23H24N2O4/c1-14-6-2-3-7-15(14)12-25-17-9-4-8-16(23(24)28)21(17)22-18(25)10-5-11-19(22)29-13-20(26)27/h2-3,5-7,10-11,16H,4,8-9,12-13H2,1H3,(H2,24,28)(H,26,27). The lowest BCUT2D eigenvalue weighted by Crippen LogP contribution is -2.25. The Balaban J connectivity index is 1.94. The molecule has 1 aliphatic rings. The van der Waals surface area contributed by atoms with Gasteiger partial charge in [0.1, 0.15) is 5.75 Å².